The van der Waals surface area contributed by atoms with Crippen molar-refractivity contribution in [2.24, 2.45) is 0 Å². The number of hydrogen-bond acceptors (Lipinski definition) is 4. The minimum atomic E-state index is -0.102. The molecule has 0 radical (unpaired) electrons. The van der Waals surface area contributed by atoms with E-state index in [1.54, 1.807) is 16.7 Å². The second-order valence-electron chi connectivity index (χ2n) is 5.68. The van der Waals surface area contributed by atoms with E-state index in [0.29, 0.717) is 6.54 Å². The van der Waals surface area contributed by atoms with Crippen LogP contribution in [0.15, 0.2) is 54.7 Å². The van der Waals surface area contributed by atoms with Gasteiger partial charge in [0, 0.05) is 19.0 Å². The monoisotopic (exact) mass is 340 g/mol. The van der Waals surface area contributed by atoms with E-state index in [9.17, 15) is 4.79 Å². The molecule has 0 saturated heterocycles. The van der Waals surface area contributed by atoms with Crippen molar-refractivity contribution >= 4 is 23.3 Å². The molecular formula is C18H20N4OS. The molecule has 0 fully saturated rings. The Balaban J connectivity index is 1.59. The van der Waals surface area contributed by atoms with Crippen LogP contribution in [0, 0.1) is 0 Å². The summed E-state index contributed by atoms with van der Waals surface area (Å²) in [6.45, 7) is 2.40. The highest BCUT2D eigenvalue weighted by Crippen LogP contribution is 2.19. The molecule has 3 rings (SSSR count). The first-order valence-electron chi connectivity index (χ1n) is 7.84. The molecule has 3 aromatic rings. The summed E-state index contributed by atoms with van der Waals surface area (Å²) in [5.74, 6) is 1.69. The highest BCUT2D eigenvalue weighted by atomic mass is 32.2. The molecule has 0 spiro atoms. The van der Waals surface area contributed by atoms with Crippen LogP contribution in [0.5, 0.6) is 0 Å². The molecule has 0 saturated carbocycles. The number of hydrogen-bond donors (Lipinski definition) is 0. The fraction of sp³-hybridized carbons (Fsp3) is 0.278. The maximum absolute atomic E-state index is 12.6. The average molecular weight is 340 g/mol. The average Bonchev–Trinajstić information content (AvgIpc) is 3.03. The van der Waals surface area contributed by atoms with E-state index in [1.807, 2.05) is 61.0 Å². The number of rotatable bonds is 6. The van der Waals surface area contributed by atoms with Gasteiger partial charge >= 0.3 is 0 Å². The summed E-state index contributed by atoms with van der Waals surface area (Å²) in [6, 6.07) is 15.9. The Hall–Kier alpha value is -2.34. The third-order valence-corrected chi connectivity index (χ3v) is 5.03. The fourth-order valence-corrected chi connectivity index (χ4v) is 3.42. The summed E-state index contributed by atoms with van der Waals surface area (Å²) in [4.78, 5) is 14.3. The lowest BCUT2D eigenvalue weighted by atomic mass is 10.2. The fourth-order valence-electron chi connectivity index (χ4n) is 2.47. The van der Waals surface area contributed by atoms with Crippen molar-refractivity contribution in [3.8, 4) is 0 Å². The van der Waals surface area contributed by atoms with Gasteiger partial charge in [-0.05, 0) is 24.6 Å². The SMILES string of the molecule is CC(SCc1ccccc1)C(=O)N(C)Cc1nnc2ccccn12. The van der Waals surface area contributed by atoms with Crippen LogP contribution in [0.1, 0.15) is 18.3 Å². The van der Waals surface area contributed by atoms with Crippen LogP contribution in [0.4, 0.5) is 0 Å². The number of carbonyl (C=O) groups excluding carboxylic acids is 1. The molecule has 6 heteroatoms. The normalized spacial score (nSPS) is 12.2. The highest BCUT2D eigenvalue weighted by molar-refractivity contribution is 7.99. The van der Waals surface area contributed by atoms with Crippen molar-refractivity contribution in [1.82, 2.24) is 19.5 Å². The predicted octanol–water partition coefficient (Wildman–Crippen LogP) is 3.01. The molecule has 0 aliphatic rings. The zero-order valence-corrected chi connectivity index (χ0v) is 14.6. The molecule has 0 aliphatic carbocycles. The van der Waals surface area contributed by atoms with Crippen LogP contribution in [0.25, 0.3) is 5.65 Å². The van der Waals surface area contributed by atoms with E-state index in [-0.39, 0.29) is 11.2 Å². The summed E-state index contributed by atoms with van der Waals surface area (Å²) in [5.41, 5.74) is 2.02. The number of aromatic nitrogens is 3. The maximum Gasteiger partial charge on any atom is 0.235 e. The molecule has 0 bridgehead atoms. The zero-order valence-electron chi connectivity index (χ0n) is 13.8. The molecule has 0 N–H and O–H groups in total. The third-order valence-electron chi connectivity index (χ3n) is 3.83. The molecule has 1 atom stereocenters. The molecule has 1 unspecified atom stereocenters. The Morgan fingerprint density at radius 3 is 2.71 bits per heavy atom. The van der Waals surface area contributed by atoms with Gasteiger partial charge in [-0.1, -0.05) is 36.4 Å². The first kappa shape index (κ1) is 16.5. The van der Waals surface area contributed by atoms with E-state index in [1.165, 1.54) is 5.56 Å². The van der Waals surface area contributed by atoms with Crippen LogP contribution in [0.3, 0.4) is 0 Å². The van der Waals surface area contributed by atoms with Gasteiger partial charge < -0.3 is 4.90 Å². The van der Waals surface area contributed by atoms with Gasteiger partial charge in [0.25, 0.3) is 0 Å². The number of amides is 1. The van der Waals surface area contributed by atoms with Gasteiger partial charge in [-0.25, -0.2) is 0 Å². The van der Waals surface area contributed by atoms with Gasteiger partial charge in [-0.3, -0.25) is 9.20 Å². The molecule has 24 heavy (non-hydrogen) atoms. The van der Waals surface area contributed by atoms with E-state index in [2.05, 4.69) is 22.3 Å². The molecule has 124 valence electrons. The van der Waals surface area contributed by atoms with Crippen LogP contribution in [-0.4, -0.2) is 37.7 Å². The van der Waals surface area contributed by atoms with Crippen LogP contribution in [0.2, 0.25) is 0 Å². The highest BCUT2D eigenvalue weighted by Gasteiger charge is 2.19. The Morgan fingerprint density at radius 1 is 1.17 bits per heavy atom. The minimum absolute atomic E-state index is 0.101. The van der Waals surface area contributed by atoms with Gasteiger partial charge in [0.15, 0.2) is 11.5 Å². The molecule has 2 aromatic heterocycles. The van der Waals surface area contributed by atoms with Crippen molar-refractivity contribution in [3.05, 3.63) is 66.1 Å². The molecular weight excluding hydrogens is 320 g/mol. The van der Waals surface area contributed by atoms with Crippen LogP contribution >= 0.6 is 11.8 Å². The molecule has 1 amide bonds. The molecule has 1 aromatic carbocycles. The predicted molar refractivity (Wildman–Crippen MR) is 96.7 cm³/mol. The van der Waals surface area contributed by atoms with Crippen molar-refractivity contribution in [1.29, 1.82) is 0 Å². The van der Waals surface area contributed by atoms with E-state index < -0.39 is 0 Å². The van der Waals surface area contributed by atoms with Gasteiger partial charge in [-0.15, -0.1) is 22.0 Å². The number of thioether (sulfide) groups is 1. The summed E-state index contributed by atoms with van der Waals surface area (Å²) >= 11 is 1.65. The Bertz CT molecular complexity index is 818. The number of benzene rings is 1. The number of nitrogens with zero attached hydrogens (tertiary/aromatic N) is 4. The summed E-state index contributed by atoms with van der Waals surface area (Å²) in [6.07, 6.45) is 1.91. The first-order valence-corrected chi connectivity index (χ1v) is 8.89. The van der Waals surface area contributed by atoms with E-state index in [0.717, 1.165) is 17.2 Å². The third kappa shape index (κ3) is 3.76. The second-order valence-corrected chi connectivity index (χ2v) is 7.01. The minimum Gasteiger partial charge on any atom is -0.337 e. The van der Waals surface area contributed by atoms with Gasteiger partial charge in [0.2, 0.25) is 5.91 Å². The largest absolute Gasteiger partial charge is 0.337 e. The molecule has 2 heterocycles. The number of fused-ring (bicyclic) bond motifs is 1. The number of pyridine rings is 1. The van der Waals surface area contributed by atoms with Gasteiger partial charge in [0.05, 0.1) is 11.8 Å². The molecule has 0 aliphatic heterocycles. The van der Waals surface area contributed by atoms with Crippen molar-refractivity contribution in [2.75, 3.05) is 7.05 Å². The lowest BCUT2D eigenvalue weighted by Crippen LogP contribution is -2.33. The molecule has 5 nitrogen and oxygen atoms in total. The lowest BCUT2D eigenvalue weighted by Gasteiger charge is -2.20. The first-order chi connectivity index (χ1) is 11.6. The van der Waals surface area contributed by atoms with Gasteiger partial charge in [0.1, 0.15) is 0 Å². The van der Waals surface area contributed by atoms with E-state index >= 15 is 0 Å². The Labute approximate surface area is 145 Å². The Morgan fingerprint density at radius 2 is 1.92 bits per heavy atom. The summed E-state index contributed by atoms with van der Waals surface area (Å²) < 4.78 is 1.91. The summed E-state index contributed by atoms with van der Waals surface area (Å²) in [7, 11) is 1.81. The number of carbonyl (C=O) groups is 1. The zero-order chi connectivity index (χ0) is 16.9. The van der Waals surface area contributed by atoms with Crippen LogP contribution < -0.4 is 0 Å². The standard InChI is InChI=1S/C18H20N4OS/c1-14(24-13-15-8-4-3-5-9-15)18(23)21(2)12-17-20-19-16-10-6-7-11-22(16)17/h3-11,14H,12-13H2,1-2H3. The Kier molecular flexibility index (Phi) is 5.15. The topological polar surface area (TPSA) is 50.5 Å². The van der Waals surface area contributed by atoms with Crippen molar-refractivity contribution in [2.45, 2.75) is 24.5 Å². The smallest absolute Gasteiger partial charge is 0.235 e. The quantitative estimate of drug-likeness (QED) is 0.692. The van der Waals surface area contributed by atoms with Crippen molar-refractivity contribution in [3.63, 3.8) is 0 Å². The second kappa shape index (κ2) is 7.49. The van der Waals surface area contributed by atoms with Crippen LogP contribution in [-0.2, 0) is 17.1 Å². The lowest BCUT2D eigenvalue weighted by molar-refractivity contribution is -0.129. The van der Waals surface area contributed by atoms with E-state index in [4.69, 9.17) is 0 Å². The maximum atomic E-state index is 12.6. The van der Waals surface area contributed by atoms with Crippen molar-refractivity contribution < 1.29 is 4.79 Å². The summed E-state index contributed by atoms with van der Waals surface area (Å²) in [5, 5.41) is 8.20. The van der Waals surface area contributed by atoms with Gasteiger partial charge in [-0.2, -0.15) is 0 Å².